The Morgan fingerprint density at radius 1 is 0.905 bits per heavy atom. The Balaban J connectivity index is 1.79. The average Bonchev–Trinajstić information content (AvgIpc) is 2.91. The number of benzene rings is 2. The van der Waals surface area contributed by atoms with Crippen molar-refractivity contribution >= 4 is 17.9 Å². The van der Waals surface area contributed by atoms with E-state index in [-0.39, 0.29) is 0 Å². The van der Waals surface area contributed by atoms with Crippen LogP contribution in [0.25, 0.3) is 6.08 Å². The smallest absolute Gasteiger partial charge is 0.363 e. The molecule has 0 fully saturated rings. The van der Waals surface area contributed by atoms with E-state index in [4.69, 9.17) is 4.74 Å². The first-order chi connectivity index (χ1) is 10.3. The maximum Gasteiger partial charge on any atom is 0.363 e. The summed E-state index contributed by atoms with van der Waals surface area (Å²) >= 11 is 0. The third kappa shape index (κ3) is 3.15. The van der Waals surface area contributed by atoms with Gasteiger partial charge in [-0.2, -0.15) is 0 Å². The molecule has 0 spiro atoms. The van der Waals surface area contributed by atoms with Gasteiger partial charge in [0.1, 0.15) is 0 Å². The summed E-state index contributed by atoms with van der Waals surface area (Å²) in [4.78, 5) is 16.0. The van der Waals surface area contributed by atoms with E-state index in [2.05, 4.69) is 4.99 Å². The quantitative estimate of drug-likeness (QED) is 0.634. The van der Waals surface area contributed by atoms with E-state index in [1.54, 1.807) is 12.2 Å². The molecule has 0 saturated heterocycles. The molecular formula is C18H13NO2. The Morgan fingerprint density at radius 2 is 1.57 bits per heavy atom. The number of ether oxygens (including phenoxy) is 1. The van der Waals surface area contributed by atoms with Gasteiger partial charge >= 0.3 is 5.97 Å². The first kappa shape index (κ1) is 13.1. The Morgan fingerprint density at radius 3 is 2.29 bits per heavy atom. The number of carbonyl (C=O) groups excluding carboxylic acids is 1. The molecule has 0 atom stereocenters. The fraction of sp³-hybridized carbons (Fsp3) is 0. The molecule has 3 heteroatoms. The van der Waals surface area contributed by atoms with E-state index in [0.717, 1.165) is 11.1 Å². The minimum atomic E-state index is -0.424. The van der Waals surface area contributed by atoms with Gasteiger partial charge in [0.2, 0.25) is 5.90 Å². The summed E-state index contributed by atoms with van der Waals surface area (Å²) in [6.45, 7) is 0. The fourth-order valence-corrected chi connectivity index (χ4v) is 1.94. The maximum absolute atomic E-state index is 11.8. The molecule has 3 nitrogen and oxygen atoms in total. The predicted octanol–water partition coefficient (Wildman–Crippen LogP) is 3.59. The summed E-state index contributed by atoms with van der Waals surface area (Å²) in [5.74, 6) is -0.0773. The number of carbonyl (C=O) groups is 1. The van der Waals surface area contributed by atoms with Crippen LogP contribution in [0.1, 0.15) is 11.1 Å². The van der Waals surface area contributed by atoms with Gasteiger partial charge in [-0.15, -0.1) is 0 Å². The van der Waals surface area contributed by atoms with Crippen LogP contribution in [0, 0.1) is 0 Å². The molecule has 0 amide bonds. The average molecular weight is 275 g/mol. The molecule has 2 aromatic carbocycles. The SMILES string of the molecule is O=C1OC(c2ccccc2)=NC1=CC=Cc1ccccc1. The van der Waals surface area contributed by atoms with Crippen LogP contribution < -0.4 is 0 Å². The Labute approximate surface area is 122 Å². The number of nitrogens with zero attached hydrogens (tertiary/aromatic N) is 1. The molecule has 1 heterocycles. The second-order valence-corrected chi connectivity index (χ2v) is 4.49. The van der Waals surface area contributed by atoms with Crippen molar-refractivity contribution < 1.29 is 9.53 Å². The van der Waals surface area contributed by atoms with Crippen molar-refractivity contribution in [1.29, 1.82) is 0 Å². The van der Waals surface area contributed by atoms with Gasteiger partial charge in [0, 0.05) is 5.56 Å². The third-order valence-corrected chi connectivity index (χ3v) is 2.98. The van der Waals surface area contributed by atoms with E-state index in [0.29, 0.717) is 11.6 Å². The van der Waals surface area contributed by atoms with E-state index >= 15 is 0 Å². The van der Waals surface area contributed by atoms with Crippen LogP contribution in [0.4, 0.5) is 0 Å². The topological polar surface area (TPSA) is 38.7 Å². The van der Waals surface area contributed by atoms with Crippen molar-refractivity contribution in [1.82, 2.24) is 0 Å². The molecule has 0 aliphatic carbocycles. The van der Waals surface area contributed by atoms with Gasteiger partial charge in [-0.05, 0) is 23.8 Å². The van der Waals surface area contributed by atoms with Crippen LogP contribution in [0.15, 0.2) is 83.5 Å². The number of hydrogen-bond acceptors (Lipinski definition) is 3. The second-order valence-electron chi connectivity index (χ2n) is 4.49. The lowest BCUT2D eigenvalue weighted by Gasteiger charge is -1.97. The molecule has 0 N–H and O–H groups in total. The van der Waals surface area contributed by atoms with Gasteiger partial charge in [-0.1, -0.05) is 60.7 Å². The number of hydrogen-bond donors (Lipinski definition) is 0. The summed E-state index contributed by atoms with van der Waals surface area (Å²) in [7, 11) is 0. The lowest BCUT2D eigenvalue weighted by Crippen LogP contribution is -2.04. The number of rotatable bonds is 3. The molecular weight excluding hydrogens is 262 g/mol. The van der Waals surface area contributed by atoms with E-state index < -0.39 is 5.97 Å². The second kappa shape index (κ2) is 6.01. The molecule has 1 aliphatic heterocycles. The van der Waals surface area contributed by atoms with Crippen LogP contribution in [0.5, 0.6) is 0 Å². The lowest BCUT2D eigenvalue weighted by molar-refractivity contribution is -0.130. The van der Waals surface area contributed by atoms with Crippen molar-refractivity contribution in [2.45, 2.75) is 0 Å². The largest absolute Gasteiger partial charge is 0.402 e. The molecule has 1 aliphatic rings. The maximum atomic E-state index is 11.8. The van der Waals surface area contributed by atoms with Gasteiger partial charge in [0.25, 0.3) is 0 Å². The van der Waals surface area contributed by atoms with Crippen LogP contribution in [-0.4, -0.2) is 11.9 Å². The van der Waals surface area contributed by atoms with Crippen LogP contribution in [0.3, 0.4) is 0 Å². The zero-order valence-electron chi connectivity index (χ0n) is 11.3. The van der Waals surface area contributed by atoms with Gasteiger partial charge in [-0.25, -0.2) is 9.79 Å². The molecule has 0 aromatic heterocycles. The number of allylic oxidation sites excluding steroid dienone is 2. The zero-order chi connectivity index (χ0) is 14.5. The van der Waals surface area contributed by atoms with Crippen LogP contribution in [-0.2, 0) is 9.53 Å². The summed E-state index contributed by atoms with van der Waals surface area (Å²) in [6, 6.07) is 19.2. The minimum absolute atomic E-state index is 0.307. The predicted molar refractivity (Wildman–Crippen MR) is 82.6 cm³/mol. The molecule has 102 valence electrons. The highest BCUT2D eigenvalue weighted by Crippen LogP contribution is 2.16. The molecule has 0 bridgehead atoms. The van der Waals surface area contributed by atoms with Crippen molar-refractivity contribution in [3.63, 3.8) is 0 Å². The standard InChI is InChI=1S/C18H13NO2/c20-18-16(13-7-10-14-8-3-1-4-9-14)19-17(21-18)15-11-5-2-6-12-15/h1-13H. The summed E-state index contributed by atoms with van der Waals surface area (Å²) in [5.41, 5.74) is 2.16. The Bertz CT molecular complexity index is 728. The van der Waals surface area contributed by atoms with Crippen molar-refractivity contribution in [2.75, 3.05) is 0 Å². The summed E-state index contributed by atoms with van der Waals surface area (Å²) in [6.07, 6.45) is 5.37. The summed E-state index contributed by atoms with van der Waals surface area (Å²) in [5, 5.41) is 0. The number of aliphatic imine (C=N–C) groups is 1. The molecule has 2 aromatic rings. The fourth-order valence-electron chi connectivity index (χ4n) is 1.94. The van der Waals surface area contributed by atoms with Gasteiger partial charge < -0.3 is 4.74 Å². The van der Waals surface area contributed by atoms with E-state index in [1.165, 1.54) is 0 Å². The summed E-state index contributed by atoms with van der Waals surface area (Å²) < 4.78 is 5.17. The highest BCUT2D eigenvalue weighted by atomic mass is 16.6. The molecule has 0 radical (unpaired) electrons. The van der Waals surface area contributed by atoms with E-state index in [9.17, 15) is 4.79 Å². The highest BCUT2D eigenvalue weighted by molar-refractivity contribution is 6.11. The Hall–Kier alpha value is -2.94. The van der Waals surface area contributed by atoms with Crippen molar-refractivity contribution in [2.24, 2.45) is 4.99 Å². The molecule has 3 rings (SSSR count). The van der Waals surface area contributed by atoms with Crippen LogP contribution in [0.2, 0.25) is 0 Å². The van der Waals surface area contributed by atoms with Gasteiger partial charge in [0.05, 0.1) is 0 Å². The van der Waals surface area contributed by atoms with Crippen LogP contribution >= 0.6 is 0 Å². The van der Waals surface area contributed by atoms with Crippen molar-refractivity contribution in [3.8, 4) is 0 Å². The van der Waals surface area contributed by atoms with Crippen molar-refractivity contribution in [3.05, 3.63) is 89.6 Å². The number of cyclic esters (lactones) is 1. The number of esters is 1. The Kier molecular flexibility index (Phi) is 3.74. The molecule has 21 heavy (non-hydrogen) atoms. The highest BCUT2D eigenvalue weighted by Gasteiger charge is 2.23. The normalized spacial score (nSPS) is 16.3. The monoisotopic (exact) mass is 275 g/mol. The molecule has 0 saturated carbocycles. The lowest BCUT2D eigenvalue weighted by atomic mass is 10.2. The minimum Gasteiger partial charge on any atom is -0.402 e. The first-order valence-electron chi connectivity index (χ1n) is 6.62. The van der Waals surface area contributed by atoms with Gasteiger partial charge in [0.15, 0.2) is 5.70 Å². The zero-order valence-corrected chi connectivity index (χ0v) is 11.3. The van der Waals surface area contributed by atoms with Gasteiger partial charge in [-0.3, -0.25) is 0 Å². The van der Waals surface area contributed by atoms with E-state index in [1.807, 2.05) is 66.7 Å². The third-order valence-electron chi connectivity index (χ3n) is 2.98. The first-order valence-corrected chi connectivity index (χ1v) is 6.62. The molecule has 0 unspecified atom stereocenters.